The summed E-state index contributed by atoms with van der Waals surface area (Å²) in [5, 5.41) is 8.20. The van der Waals surface area contributed by atoms with Crippen molar-refractivity contribution in [1.29, 1.82) is 0 Å². The van der Waals surface area contributed by atoms with Crippen LogP contribution in [0.25, 0.3) is 0 Å². The topological polar surface area (TPSA) is 51.2 Å². The lowest BCUT2D eigenvalue weighted by atomic mass is 9.91. The molecule has 0 radical (unpaired) electrons. The van der Waals surface area contributed by atoms with E-state index in [1.54, 1.807) is 18.3 Å². The molecule has 0 aliphatic rings. The largest absolute Gasteiger partial charge is 0.466 e. The number of nitrogens with one attached hydrogen (secondary N) is 1. The lowest BCUT2D eigenvalue weighted by Gasteiger charge is -2.23. The highest BCUT2D eigenvalue weighted by Gasteiger charge is 2.22. The second-order valence-corrected chi connectivity index (χ2v) is 7.15. The molecule has 6 heteroatoms. The van der Waals surface area contributed by atoms with E-state index in [1.807, 2.05) is 5.38 Å². The van der Waals surface area contributed by atoms with Gasteiger partial charge in [-0.15, -0.1) is 22.7 Å². The summed E-state index contributed by atoms with van der Waals surface area (Å²) in [7, 11) is 0. The summed E-state index contributed by atoms with van der Waals surface area (Å²) >= 11 is 3.29. The molecule has 21 heavy (non-hydrogen) atoms. The minimum Gasteiger partial charge on any atom is -0.466 e. The van der Waals surface area contributed by atoms with Crippen molar-refractivity contribution in [2.45, 2.75) is 32.6 Å². The number of thiophene rings is 1. The molecule has 114 valence electrons. The van der Waals surface area contributed by atoms with Crippen molar-refractivity contribution in [2.75, 3.05) is 18.5 Å². The molecule has 2 heterocycles. The zero-order chi connectivity index (χ0) is 15.3. The highest BCUT2D eigenvalue weighted by Crippen LogP contribution is 2.28. The number of carbonyl (C=O) groups excluding carboxylic acids is 1. The average Bonchev–Trinajstić information content (AvgIpc) is 3.08. The van der Waals surface area contributed by atoms with E-state index < -0.39 is 0 Å². The molecule has 2 aromatic rings. The van der Waals surface area contributed by atoms with Crippen molar-refractivity contribution in [1.82, 2.24) is 4.98 Å². The van der Waals surface area contributed by atoms with Gasteiger partial charge in [-0.05, 0) is 18.4 Å². The van der Waals surface area contributed by atoms with Gasteiger partial charge in [-0.2, -0.15) is 0 Å². The van der Waals surface area contributed by atoms with Crippen LogP contribution in [0.5, 0.6) is 0 Å². The van der Waals surface area contributed by atoms with E-state index in [2.05, 4.69) is 41.7 Å². The number of esters is 1. The number of hydrogen-bond acceptors (Lipinski definition) is 6. The minimum absolute atomic E-state index is 0.0567. The highest BCUT2D eigenvalue weighted by molar-refractivity contribution is 7.13. The van der Waals surface area contributed by atoms with Gasteiger partial charge in [0.15, 0.2) is 5.13 Å². The SMILES string of the molecule is CCOC(=O)Cc1csc(NCC(C)(C)c2cccs2)n1. The summed E-state index contributed by atoms with van der Waals surface area (Å²) in [6.07, 6.45) is 0.236. The summed E-state index contributed by atoms with van der Waals surface area (Å²) in [6.45, 7) is 7.43. The van der Waals surface area contributed by atoms with Crippen LogP contribution in [0.1, 0.15) is 31.3 Å². The van der Waals surface area contributed by atoms with Crippen molar-refractivity contribution in [3.05, 3.63) is 33.5 Å². The Morgan fingerprint density at radius 3 is 2.90 bits per heavy atom. The van der Waals surface area contributed by atoms with Gasteiger partial charge in [0, 0.05) is 22.2 Å². The van der Waals surface area contributed by atoms with Gasteiger partial charge in [-0.1, -0.05) is 19.9 Å². The number of thiazole rings is 1. The van der Waals surface area contributed by atoms with Crippen molar-refractivity contribution in [2.24, 2.45) is 0 Å². The summed E-state index contributed by atoms with van der Waals surface area (Å²) in [5.74, 6) is -0.228. The normalized spacial score (nSPS) is 11.4. The minimum atomic E-state index is -0.228. The lowest BCUT2D eigenvalue weighted by Crippen LogP contribution is -2.26. The smallest absolute Gasteiger partial charge is 0.311 e. The lowest BCUT2D eigenvalue weighted by molar-refractivity contribution is -0.142. The Morgan fingerprint density at radius 1 is 1.43 bits per heavy atom. The van der Waals surface area contributed by atoms with Gasteiger partial charge in [0.05, 0.1) is 18.7 Å². The standard InChI is InChI=1S/C15H20N2O2S2/c1-4-19-13(18)8-11-9-21-14(17-11)16-10-15(2,3)12-6-5-7-20-12/h5-7,9H,4,8,10H2,1-3H3,(H,16,17). The fourth-order valence-electron chi connectivity index (χ4n) is 1.88. The van der Waals surface area contributed by atoms with Crippen LogP contribution in [0, 0.1) is 0 Å². The molecule has 0 atom stereocenters. The van der Waals surface area contributed by atoms with Crippen molar-refractivity contribution in [3.63, 3.8) is 0 Å². The fourth-order valence-corrected chi connectivity index (χ4v) is 3.44. The van der Waals surface area contributed by atoms with Crippen LogP contribution < -0.4 is 5.32 Å². The molecule has 0 spiro atoms. The summed E-state index contributed by atoms with van der Waals surface area (Å²) in [5.41, 5.74) is 0.816. The van der Waals surface area contributed by atoms with Crippen LogP contribution in [-0.2, 0) is 21.4 Å². The maximum Gasteiger partial charge on any atom is 0.311 e. The maximum atomic E-state index is 11.4. The third-order valence-electron chi connectivity index (χ3n) is 3.05. The molecule has 0 aliphatic carbocycles. The third-order valence-corrected chi connectivity index (χ3v) is 5.14. The zero-order valence-corrected chi connectivity index (χ0v) is 14.1. The second-order valence-electron chi connectivity index (χ2n) is 5.34. The van der Waals surface area contributed by atoms with Gasteiger partial charge in [-0.3, -0.25) is 4.79 Å². The molecule has 0 fully saturated rings. The Hall–Kier alpha value is -1.40. The molecular formula is C15H20N2O2S2. The first-order valence-electron chi connectivity index (χ1n) is 6.89. The molecule has 0 aliphatic heterocycles. The van der Waals surface area contributed by atoms with Crippen LogP contribution in [0.4, 0.5) is 5.13 Å². The summed E-state index contributed by atoms with van der Waals surface area (Å²) in [6, 6.07) is 4.23. The Morgan fingerprint density at radius 2 is 2.24 bits per heavy atom. The van der Waals surface area contributed by atoms with Gasteiger partial charge >= 0.3 is 5.97 Å². The zero-order valence-electron chi connectivity index (χ0n) is 12.5. The average molecular weight is 324 g/mol. The Balaban J connectivity index is 1.89. The van der Waals surface area contributed by atoms with Crippen molar-refractivity contribution < 1.29 is 9.53 Å². The third kappa shape index (κ3) is 4.54. The van der Waals surface area contributed by atoms with Crippen molar-refractivity contribution >= 4 is 33.8 Å². The van der Waals surface area contributed by atoms with E-state index in [4.69, 9.17) is 4.74 Å². The number of aromatic nitrogens is 1. The van der Waals surface area contributed by atoms with Crippen LogP contribution in [0.2, 0.25) is 0 Å². The van der Waals surface area contributed by atoms with Gasteiger partial charge in [-0.25, -0.2) is 4.98 Å². The molecule has 2 rings (SSSR count). The van der Waals surface area contributed by atoms with E-state index in [1.165, 1.54) is 16.2 Å². The quantitative estimate of drug-likeness (QED) is 0.789. The predicted octanol–water partition coefficient (Wildman–Crippen LogP) is 3.70. The molecule has 0 bridgehead atoms. The van der Waals surface area contributed by atoms with E-state index in [9.17, 15) is 4.79 Å². The molecule has 0 saturated heterocycles. The summed E-state index contributed by atoms with van der Waals surface area (Å²) in [4.78, 5) is 17.2. The maximum absolute atomic E-state index is 11.4. The van der Waals surface area contributed by atoms with Gasteiger partial charge in [0.1, 0.15) is 0 Å². The highest BCUT2D eigenvalue weighted by atomic mass is 32.1. The van der Waals surface area contributed by atoms with Crippen LogP contribution in [0.15, 0.2) is 22.9 Å². The van der Waals surface area contributed by atoms with E-state index in [0.717, 1.165) is 17.4 Å². The number of nitrogens with zero attached hydrogens (tertiary/aromatic N) is 1. The molecule has 0 unspecified atom stereocenters. The first-order chi connectivity index (χ1) is 10.0. The van der Waals surface area contributed by atoms with Crippen LogP contribution >= 0.6 is 22.7 Å². The summed E-state index contributed by atoms with van der Waals surface area (Å²) < 4.78 is 4.92. The molecule has 0 saturated carbocycles. The van der Waals surface area contributed by atoms with Crippen LogP contribution in [-0.4, -0.2) is 24.1 Å². The number of rotatable bonds is 7. The second kappa shape index (κ2) is 7.04. The predicted molar refractivity (Wildman–Crippen MR) is 88.3 cm³/mol. The Kier molecular flexibility index (Phi) is 5.36. The Labute approximate surface area is 133 Å². The van der Waals surface area contributed by atoms with E-state index >= 15 is 0 Å². The first kappa shape index (κ1) is 16.0. The van der Waals surface area contributed by atoms with Crippen LogP contribution in [0.3, 0.4) is 0 Å². The number of hydrogen-bond donors (Lipinski definition) is 1. The molecule has 0 amide bonds. The monoisotopic (exact) mass is 324 g/mol. The van der Waals surface area contributed by atoms with E-state index in [0.29, 0.717) is 6.61 Å². The van der Waals surface area contributed by atoms with Crippen molar-refractivity contribution in [3.8, 4) is 0 Å². The molecule has 2 aromatic heterocycles. The van der Waals surface area contributed by atoms with Gasteiger partial charge < -0.3 is 10.1 Å². The fraction of sp³-hybridized carbons (Fsp3) is 0.467. The van der Waals surface area contributed by atoms with Gasteiger partial charge in [0.25, 0.3) is 0 Å². The molecule has 0 aromatic carbocycles. The number of ether oxygens (including phenoxy) is 1. The molecule has 1 N–H and O–H groups in total. The van der Waals surface area contributed by atoms with Gasteiger partial charge in [0.2, 0.25) is 0 Å². The molecular weight excluding hydrogens is 304 g/mol. The number of carbonyl (C=O) groups is 1. The van der Waals surface area contributed by atoms with E-state index in [-0.39, 0.29) is 17.8 Å². The Bertz CT molecular complexity index is 576. The molecule has 4 nitrogen and oxygen atoms in total. The number of anilines is 1. The first-order valence-corrected chi connectivity index (χ1v) is 8.65.